The van der Waals surface area contributed by atoms with Crippen molar-refractivity contribution in [2.75, 3.05) is 4.90 Å². The van der Waals surface area contributed by atoms with Gasteiger partial charge in [0.25, 0.3) is 0 Å². The van der Waals surface area contributed by atoms with Crippen LogP contribution >= 0.6 is 0 Å². The Morgan fingerprint density at radius 1 is 0.653 bits per heavy atom. The third-order valence-electron chi connectivity index (χ3n) is 8.79. The molecule has 0 fully saturated rings. The summed E-state index contributed by atoms with van der Waals surface area (Å²) in [6.45, 7) is 7.04. The molecule has 0 saturated heterocycles. The van der Waals surface area contributed by atoms with Crippen LogP contribution in [0.15, 0.2) is 150 Å². The lowest BCUT2D eigenvalue weighted by Gasteiger charge is -2.29. The fourth-order valence-electron chi connectivity index (χ4n) is 6.29. The van der Waals surface area contributed by atoms with Crippen LogP contribution in [-0.2, 0) is 0 Å². The molecule has 0 atom stereocenters. The SMILES string of the molecule is C[Si](C)(C)c1cc(-c2nc(-c3ccccc3O)c3oc4ccccc4c3n2)cc(N(c2ccccn2)c2ccccc2-c2ccccc2)c1. The summed E-state index contributed by atoms with van der Waals surface area (Å²) in [7, 11) is -1.89. The molecule has 0 aliphatic heterocycles. The molecule has 0 unspecified atom stereocenters. The number of nitrogens with zero attached hydrogens (tertiary/aromatic N) is 4. The van der Waals surface area contributed by atoms with Crippen LogP contribution < -0.4 is 10.1 Å². The summed E-state index contributed by atoms with van der Waals surface area (Å²) in [5.74, 6) is 1.48. The first-order valence-corrected chi connectivity index (χ1v) is 19.8. The van der Waals surface area contributed by atoms with Crippen LogP contribution in [0.4, 0.5) is 17.2 Å². The fourth-order valence-corrected chi connectivity index (χ4v) is 7.46. The van der Waals surface area contributed by atoms with E-state index in [0.29, 0.717) is 28.2 Å². The van der Waals surface area contributed by atoms with Crippen molar-refractivity contribution < 1.29 is 9.52 Å². The molecule has 49 heavy (non-hydrogen) atoms. The topological polar surface area (TPSA) is 75.3 Å². The lowest BCUT2D eigenvalue weighted by molar-refractivity contribution is 0.477. The molecule has 3 aromatic heterocycles. The number of benzene rings is 5. The summed E-state index contributed by atoms with van der Waals surface area (Å²) >= 11 is 0. The Kier molecular flexibility index (Phi) is 7.54. The van der Waals surface area contributed by atoms with Crippen molar-refractivity contribution >= 4 is 52.5 Å². The number of furan rings is 1. The van der Waals surface area contributed by atoms with E-state index < -0.39 is 8.07 Å². The number of fused-ring (bicyclic) bond motifs is 3. The molecule has 238 valence electrons. The van der Waals surface area contributed by atoms with Gasteiger partial charge in [0.15, 0.2) is 11.4 Å². The van der Waals surface area contributed by atoms with E-state index in [9.17, 15) is 5.11 Å². The summed E-state index contributed by atoms with van der Waals surface area (Å²) in [4.78, 5) is 17.4. The van der Waals surface area contributed by atoms with Gasteiger partial charge in [-0.1, -0.05) is 110 Å². The summed E-state index contributed by atoms with van der Waals surface area (Å²) in [5, 5.41) is 13.1. The second kappa shape index (κ2) is 12.2. The van der Waals surface area contributed by atoms with E-state index in [2.05, 4.69) is 91.3 Å². The van der Waals surface area contributed by atoms with E-state index in [4.69, 9.17) is 19.4 Å². The summed E-state index contributed by atoms with van der Waals surface area (Å²) in [6.07, 6.45) is 1.83. The molecular weight excluding hydrogens is 621 g/mol. The number of rotatable bonds is 7. The van der Waals surface area contributed by atoms with Crippen molar-refractivity contribution in [3.8, 4) is 39.5 Å². The molecule has 0 bridgehead atoms. The molecular formula is C42H34N4O2Si. The predicted molar refractivity (Wildman–Crippen MR) is 203 cm³/mol. The molecule has 5 aromatic carbocycles. The highest BCUT2D eigenvalue weighted by Gasteiger charge is 2.25. The molecule has 0 aliphatic carbocycles. The molecule has 8 aromatic rings. The molecule has 7 heteroatoms. The Hall–Kier alpha value is -6.05. The summed E-state index contributed by atoms with van der Waals surface area (Å²) in [6, 6.07) is 46.7. The maximum absolute atomic E-state index is 11.0. The van der Waals surface area contributed by atoms with Gasteiger partial charge < -0.3 is 9.52 Å². The van der Waals surface area contributed by atoms with Gasteiger partial charge in [-0.3, -0.25) is 4.90 Å². The molecule has 0 saturated carbocycles. The van der Waals surface area contributed by atoms with E-state index >= 15 is 0 Å². The number of aromatic hydroxyl groups is 1. The van der Waals surface area contributed by atoms with Crippen LogP contribution in [0.25, 0.3) is 55.8 Å². The Bertz CT molecular complexity index is 2450. The number of para-hydroxylation sites is 3. The van der Waals surface area contributed by atoms with E-state index in [1.807, 2.05) is 66.9 Å². The second-order valence-electron chi connectivity index (χ2n) is 13.1. The van der Waals surface area contributed by atoms with Crippen LogP contribution in [0, 0.1) is 0 Å². The highest BCUT2D eigenvalue weighted by atomic mass is 28.3. The Labute approximate surface area is 286 Å². The second-order valence-corrected chi connectivity index (χ2v) is 18.2. The lowest BCUT2D eigenvalue weighted by Crippen LogP contribution is -2.38. The van der Waals surface area contributed by atoms with Crippen molar-refractivity contribution in [1.82, 2.24) is 15.0 Å². The normalized spacial score (nSPS) is 11.7. The van der Waals surface area contributed by atoms with Crippen molar-refractivity contribution in [3.05, 3.63) is 146 Å². The lowest BCUT2D eigenvalue weighted by atomic mass is 10.0. The highest BCUT2D eigenvalue weighted by Crippen LogP contribution is 2.42. The van der Waals surface area contributed by atoms with Gasteiger partial charge in [-0.2, -0.15) is 0 Å². The van der Waals surface area contributed by atoms with Crippen LogP contribution in [0.1, 0.15) is 0 Å². The molecule has 8 rings (SSSR count). The molecule has 0 radical (unpaired) electrons. The minimum atomic E-state index is -1.89. The summed E-state index contributed by atoms with van der Waals surface area (Å²) in [5.41, 5.74) is 8.16. The van der Waals surface area contributed by atoms with Gasteiger partial charge in [-0.15, -0.1) is 0 Å². The first-order valence-electron chi connectivity index (χ1n) is 16.3. The number of anilines is 3. The van der Waals surface area contributed by atoms with E-state index in [0.717, 1.165) is 44.9 Å². The van der Waals surface area contributed by atoms with Crippen LogP contribution in [0.3, 0.4) is 0 Å². The zero-order valence-electron chi connectivity index (χ0n) is 27.5. The fraction of sp³-hybridized carbons (Fsp3) is 0.0714. The monoisotopic (exact) mass is 654 g/mol. The molecule has 6 nitrogen and oxygen atoms in total. The number of pyridine rings is 1. The number of hydrogen-bond donors (Lipinski definition) is 1. The standard InChI is InChI=1S/C42H34N4O2Si/c1-49(2,3)31-26-29(42-44-39(33-18-8-11-21-36(33)47)41-40(45-42)34-19-9-12-22-37(34)48-41)25-30(27-31)46(38-23-13-14-24-43-38)35-20-10-7-17-32(35)28-15-5-4-6-16-28/h4-27,47H,1-3H3. The maximum atomic E-state index is 11.0. The van der Waals surface area contributed by atoms with Gasteiger partial charge in [-0.05, 0) is 60.2 Å². The zero-order valence-corrected chi connectivity index (χ0v) is 28.5. The minimum Gasteiger partial charge on any atom is -0.507 e. The highest BCUT2D eigenvalue weighted by molar-refractivity contribution is 6.88. The third-order valence-corrected chi connectivity index (χ3v) is 10.8. The van der Waals surface area contributed by atoms with Crippen LogP contribution in [0.5, 0.6) is 5.75 Å². The van der Waals surface area contributed by atoms with Crippen molar-refractivity contribution in [2.45, 2.75) is 19.6 Å². The molecule has 3 heterocycles. The van der Waals surface area contributed by atoms with Gasteiger partial charge in [0, 0.05) is 34.0 Å². The molecule has 0 spiro atoms. The van der Waals surface area contributed by atoms with Gasteiger partial charge in [0.1, 0.15) is 28.4 Å². The average Bonchev–Trinajstić information content (AvgIpc) is 3.51. The molecule has 1 N–H and O–H groups in total. The number of aromatic nitrogens is 3. The first kappa shape index (κ1) is 30.3. The Balaban J connectivity index is 1.42. The van der Waals surface area contributed by atoms with Gasteiger partial charge >= 0.3 is 0 Å². The predicted octanol–water partition coefficient (Wildman–Crippen LogP) is 10.5. The number of hydrogen-bond acceptors (Lipinski definition) is 6. The Morgan fingerprint density at radius 3 is 2.14 bits per heavy atom. The smallest absolute Gasteiger partial charge is 0.180 e. The number of phenols is 1. The maximum Gasteiger partial charge on any atom is 0.180 e. The number of phenolic OH excluding ortho intramolecular Hbond substituents is 1. The molecule has 0 aliphatic rings. The zero-order chi connectivity index (χ0) is 33.5. The van der Waals surface area contributed by atoms with Crippen molar-refractivity contribution in [3.63, 3.8) is 0 Å². The van der Waals surface area contributed by atoms with E-state index in [1.165, 1.54) is 5.19 Å². The van der Waals surface area contributed by atoms with Crippen molar-refractivity contribution in [2.24, 2.45) is 0 Å². The Morgan fingerprint density at radius 2 is 1.37 bits per heavy atom. The molecule has 0 amide bonds. The third kappa shape index (κ3) is 5.64. The van der Waals surface area contributed by atoms with Gasteiger partial charge in [0.2, 0.25) is 0 Å². The van der Waals surface area contributed by atoms with E-state index in [1.54, 1.807) is 12.1 Å². The average molecular weight is 655 g/mol. The minimum absolute atomic E-state index is 0.129. The van der Waals surface area contributed by atoms with Crippen LogP contribution in [-0.4, -0.2) is 28.1 Å². The quantitative estimate of drug-likeness (QED) is 0.172. The van der Waals surface area contributed by atoms with E-state index in [-0.39, 0.29) is 5.75 Å². The van der Waals surface area contributed by atoms with Gasteiger partial charge in [0.05, 0.1) is 13.8 Å². The summed E-state index contributed by atoms with van der Waals surface area (Å²) < 4.78 is 6.35. The largest absolute Gasteiger partial charge is 0.507 e. The van der Waals surface area contributed by atoms with Gasteiger partial charge in [-0.25, -0.2) is 15.0 Å². The van der Waals surface area contributed by atoms with Crippen LogP contribution in [0.2, 0.25) is 19.6 Å². The van der Waals surface area contributed by atoms with Crippen molar-refractivity contribution in [1.29, 1.82) is 0 Å². The first-order chi connectivity index (χ1) is 23.8.